The summed E-state index contributed by atoms with van der Waals surface area (Å²) in [6.07, 6.45) is 3.93. The molecule has 1 atom stereocenters. The summed E-state index contributed by atoms with van der Waals surface area (Å²) >= 11 is 0. The highest BCUT2D eigenvalue weighted by atomic mass is 15.6. The van der Waals surface area contributed by atoms with Crippen molar-refractivity contribution in [3.05, 3.63) is 24.0 Å². The van der Waals surface area contributed by atoms with E-state index in [9.17, 15) is 0 Å². The molecule has 0 radical (unpaired) electrons. The van der Waals surface area contributed by atoms with Gasteiger partial charge in [0.2, 0.25) is 0 Å². The smallest absolute Gasteiger partial charge is 0.176 e. The Balaban J connectivity index is 2.05. The molecular formula is C7H11N7. The molecule has 3 N–H and O–H groups in total. The predicted octanol–water partition coefficient (Wildman–Crippen LogP) is -0.824. The SMILES string of the molecule is Cn1nnc(CC(N)c2ncc[nH]2)n1. The molecular weight excluding hydrogens is 182 g/mol. The normalized spacial score (nSPS) is 13.0. The number of rotatable bonds is 3. The highest BCUT2D eigenvalue weighted by Gasteiger charge is 2.12. The van der Waals surface area contributed by atoms with Gasteiger partial charge in [0.1, 0.15) is 5.82 Å². The molecule has 0 aliphatic heterocycles. The van der Waals surface area contributed by atoms with E-state index in [1.165, 1.54) is 4.80 Å². The summed E-state index contributed by atoms with van der Waals surface area (Å²) in [5.74, 6) is 1.36. The lowest BCUT2D eigenvalue weighted by molar-refractivity contribution is 0.617. The van der Waals surface area contributed by atoms with Crippen molar-refractivity contribution in [1.29, 1.82) is 0 Å². The number of nitrogens with zero attached hydrogens (tertiary/aromatic N) is 5. The standard InChI is InChI=1S/C7H11N7/c1-14-12-6(11-13-14)4-5(8)7-9-2-3-10-7/h2-3,5H,4,8H2,1H3,(H,9,10). The van der Waals surface area contributed by atoms with E-state index in [1.807, 2.05) is 0 Å². The zero-order valence-electron chi connectivity index (χ0n) is 7.75. The minimum atomic E-state index is -0.214. The summed E-state index contributed by atoms with van der Waals surface area (Å²) in [5, 5.41) is 11.6. The van der Waals surface area contributed by atoms with Gasteiger partial charge in [0.15, 0.2) is 5.82 Å². The number of tetrazole rings is 1. The maximum atomic E-state index is 5.87. The number of nitrogens with one attached hydrogen (secondary N) is 1. The van der Waals surface area contributed by atoms with Crippen LogP contribution in [0.5, 0.6) is 0 Å². The van der Waals surface area contributed by atoms with Crippen molar-refractivity contribution >= 4 is 0 Å². The van der Waals surface area contributed by atoms with Crippen molar-refractivity contribution in [3.8, 4) is 0 Å². The Morgan fingerprint density at radius 2 is 2.50 bits per heavy atom. The molecule has 2 rings (SSSR count). The monoisotopic (exact) mass is 193 g/mol. The Morgan fingerprint density at radius 1 is 1.64 bits per heavy atom. The van der Waals surface area contributed by atoms with Crippen LogP contribution in [0.2, 0.25) is 0 Å². The van der Waals surface area contributed by atoms with Gasteiger partial charge in [-0.25, -0.2) is 4.98 Å². The van der Waals surface area contributed by atoms with Gasteiger partial charge in [-0.3, -0.25) is 0 Å². The first kappa shape index (κ1) is 8.82. The van der Waals surface area contributed by atoms with Crippen LogP contribution < -0.4 is 5.73 Å². The van der Waals surface area contributed by atoms with Gasteiger partial charge in [-0.1, -0.05) is 0 Å². The molecule has 2 heterocycles. The topological polar surface area (TPSA) is 98.3 Å². The highest BCUT2D eigenvalue weighted by Crippen LogP contribution is 2.07. The molecule has 0 aromatic carbocycles. The van der Waals surface area contributed by atoms with Crippen molar-refractivity contribution in [1.82, 2.24) is 30.2 Å². The van der Waals surface area contributed by atoms with Crippen molar-refractivity contribution in [2.75, 3.05) is 0 Å². The molecule has 2 aromatic rings. The summed E-state index contributed by atoms with van der Waals surface area (Å²) < 4.78 is 0. The third kappa shape index (κ3) is 1.77. The zero-order chi connectivity index (χ0) is 9.97. The molecule has 0 fully saturated rings. The Labute approximate surface area is 80.3 Å². The van der Waals surface area contributed by atoms with Crippen LogP contribution in [0.25, 0.3) is 0 Å². The van der Waals surface area contributed by atoms with Crippen LogP contribution in [0.3, 0.4) is 0 Å². The molecule has 0 saturated carbocycles. The van der Waals surface area contributed by atoms with E-state index in [1.54, 1.807) is 19.4 Å². The van der Waals surface area contributed by atoms with Crippen LogP contribution in [-0.2, 0) is 13.5 Å². The van der Waals surface area contributed by atoms with Gasteiger partial charge in [-0.15, -0.1) is 10.2 Å². The van der Waals surface area contributed by atoms with Gasteiger partial charge in [-0.2, -0.15) is 4.80 Å². The zero-order valence-corrected chi connectivity index (χ0v) is 7.75. The highest BCUT2D eigenvalue weighted by molar-refractivity contribution is 4.98. The molecule has 0 aliphatic rings. The molecule has 0 aliphatic carbocycles. The number of imidazole rings is 1. The lowest BCUT2D eigenvalue weighted by atomic mass is 10.2. The first-order chi connectivity index (χ1) is 6.75. The minimum absolute atomic E-state index is 0.214. The number of aromatic amines is 1. The average molecular weight is 193 g/mol. The molecule has 74 valence electrons. The molecule has 0 bridgehead atoms. The van der Waals surface area contributed by atoms with Gasteiger partial charge >= 0.3 is 0 Å². The number of H-pyrrole nitrogens is 1. The van der Waals surface area contributed by atoms with E-state index < -0.39 is 0 Å². The van der Waals surface area contributed by atoms with Gasteiger partial charge in [0.05, 0.1) is 13.1 Å². The summed E-state index contributed by atoms with van der Waals surface area (Å²) in [5.41, 5.74) is 5.87. The van der Waals surface area contributed by atoms with E-state index in [-0.39, 0.29) is 6.04 Å². The van der Waals surface area contributed by atoms with Crippen molar-refractivity contribution in [2.24, 2.45) is 12.8 Å². The van der Waals surface area contributed by atoms with E-state index in [4.69, 9.17) is 5.73 Å². The van der Waals surface area contributed by atoms with Gasteiger partial charge in [0.25, 0.3) is 0 Å². The molecule has 0 amide bonds. The number of aryl methyl sites for hydroxylation is 1. The maximum absolute atomic E-state index is 5.87. The lowest BCUT2D eigenvalue weighted by Crippen LogP contribution is -2.15. The largest absolute Gasteiger partial charge is 0.347 e. The molecule has 1 unspecified atom stereocenters. The number of hydrogen-bond donors (Lipinski definition) is 2. The number of nitrogens with two attached hydrogens (primary N) is 1. The van der Waals surface area contributed by atoms with E-state index in [0.29, 0.717) is 12.2 Å². The Kier molecular flexibility index (Phi) is 2.23. The first-order valence-electron chi connectivity index (χ1n) is 4.23. The second-order valence-corrected chi connectivity index (χ2v) is 2.98. The minimum Gasteiger partial charge on any atom is -0.347 e. The summed E-state index contributed by atoms with van der Waals surface area (Å²) in [4.78, 5) is 8.41. The molecule has 7 nitrogen and oxygen atoms in total. The van der Waals surface area contributed by atoms with Gasteiger partial charge in [0, 0.05) is 18.8 Å². The number of aromatic nitrogens is 6. The molecule has 2 aromatic heterocycles. The van der Waals surface area contributed by atoms with Crippen LogP contribution in [0.15, 0.2) is 12.4 Å². The van der Waals surface area contributed by atoms with E-state index in [2.05, 4.69) is 25.4 Å². The molecule has 7 heteroatoms. The summed E-state index contributed by atoms with van der Waals surface area (Å²) in [6.45, 7) is 0. The van der Waals surface area contributed by atoms with Crippen LogP contribution in [0, 0.1) is 0 Å². The fourth-order valence-electron chi connectivity index (χ4n) is 1.18. The fourth-order valence-corrected chi connectivity index (χ4v) is 1.18. The average Bonchev–Trinajstić information content (AvgIpc) is 2.75. The van der Waals surface area contributed by atoms with Crippen LogP contribution in [-0.4, -0.2) is 30.2 Å². The first-order valence-corrected chi connectivity index (χ1v) is 4.23. The molecule has 14 heavy (non-hydrogen) atoms. The van der Waals surface area contributed by atoms with Crippen molar-refractivity contribution in [2.45, 2.75) is 12.5 Å². The van der Waals surface area contributed by atoms with Gasteiger partial charge < -0.3 is 10.7 Å². The van der Waals surface area contributed by atoms with Crippen LogP contribution in [0.4, 0.5) is 0 Å². The molecule has 0 saturated heterocycles. The fraction of sp³-hybridized carbons (Fsp3) is 0.429. The molecule has 0 spiro atoms. The third-order valence-corrected chi connectivity index (χ3v) is 1.82. The lowest BCUT2D eigenvalue weighted by Gasteiger charge is -2.04. The quantitative estimate of drug-likeness (QED) is 0.663. The second-order valence-electron chi connectivity index (χ2n) is 2.98. The number of hydrogen-bond acceptors (Lipinski definition) is 5. The summed E-state index contributed by atoms with van der Waals surface area (Å²) in [6, 6.07) is -0.214. The van der Waals surface area contributed by atoms with Crippen molar-refractivity contribution < 1.29 is 0 Å². The van der Waals surface area contributed by atoms with Gasteiger partial charge in [-0.05, 0) is 5.21 Å². The Morgan fingerprint density at radius 3 is 3.07 bits per heavy atom. The van der Waals surface area contributed by atoms with E-state index >= 15 is 0 Å². The predicted molar refractivity (Wildman–Crippen MR) is 48.0 cm³/mol. The van der Waals surface area contributed by atoms with Crippen molar-refractivity contribution in [3.63, 3.8) is 0 Å². The Hall–Kier alpha value is -1.76. The Bertz CT molecular complexity index is 390. The summed E-state index contributed by atoms with van der Waals surface area (Å²) in [7, 11) is 1.72. The second kappa shape index (κ2) is 3.54. The third-order valence-electron chi connectivity index (χ3n) is 1.82. The van der Waals surface area contributed by atoms with E-state index in [0.717, 1.165) is 5.82 Å². The van der Waals surface area contributed by atoms with Crippen LogP contribution >= 0.6 is 0 Å². The maximum Gasteiger partial charge on any atom is 0.176 e. The van der Waals surface area contributed by atoms with Crippen LogP contribution in [0.1, 0.15) is 17.7 Å².